The fourth-order valence-corrected chi connectivity index (χ4v) is 4.92. The number of ketones is 1. The maximum atomic E-state index is 13.5. The second-order valence-corrected chi connectivity index (χ2v) is 9.98. The summed E-state index contributed by atoms with van der Waals surface area (Å²) in [5.41, 5.74) is 6.14. The molecule has 1 aliphatic carbocycles. The lowest BCUT2D eigenvalue weighted by atomic mass is 9.87. The third kappa shape index (κ3) is 5.01. The largest absolute Gasteiger partial charge is 0.454 e. The van der Waals surface area contributed by atoms with Crippen molar-refractivity contribution in [1.29, 1.82) is 0 Å². The summed E-state index contributed by atoms with van der Waals surface area (Å²) in [6, 6.07) is 20.5. The number of unbranched alkanes of at least 4 members (excludes halogenated alkanes) is 1. The molecule has 2 aliphatic rings. The number of nitrogens with one attached hydrogen (secondary N) is 1. The maximum absolute atomic E-state index is 13.5. The molecule has 1 heterocycles. The van der Waals surface area contributed by atoms with Gasteiger partial charge in [0.15, 0.2) is 11.5 Å². The Kier molecular flexibility index (Phi) is 6.82. The number of fused-ring (bicyclic) bond motifs is 1. The second-order valence-electron chi connectivity index (χ2n) is 9.98. The highest BCUT2D eigenvalue weighted by molar-refractivity contribution is 5.95. The van der Waals surface area contributed by atoms with Crippen LogP contribution in [-0.4, -0.2) is 18.5 Å². The smallest absolute Gasteiger partial charge is 0.231 e. The van der Waals surface area contributed by atoms with Gasteiger partial charge < -0.3 is 14.8 Å². The van der Waals surface area contributed by atoms with Crippen LogP contribution in [0.1, 0.15) is 62.7 Å². The Labute approximate surface area is 214 Å². The van der Waals surface area contributed by atoms with Crippen LogP contribution in [0.2, 0.25) is 0 Å². The van der Waals surface area contributed by atoms with E-state index in [0.29, 0.717) is 19.4 Å². The van der Waals surface area contributed by atoms with Crippen LogP contribution in [0.5, 0.6) is 11.5 Å². The molecule has 188 valence electrons. The van der Waals surface area contributed by atoms with Crippen molar-refractivity contribution in [2.75, 3.05) is 6.79 Å². The average molecular weight is 486 g/mol. The first-order chi connectivity index (χ1) is 17.5. The van der Waals surface area contributed by atoms with E-state index in [9.17, 15) is 9.59 Å². The number of ether oxygens (including phenoxy) is 2. The molecule has 1 saturated carbocycles. The number of carbonyl (C=O) groups excluding carboxylic acids is 2. The van der Waals surface area contributed by atoms with Crippen molar-refractivity contribution in [1.82, 2.24) is 5.32 Å². The Bertz CT molecular complexity index is 1280. The van der Waals surface area contributed by atoms with Gasteiger partial charge in [-0.05, 0) is 71.7 Å². The molecule has 1 amide bonds. The van der Waals surface area contributed by atoms with Crippen molar-refractivity contribution >= 4 is 11.7 Å². The first-order valence-electron chi connectivity index (χ1n) is 12.9. The van der Waals surface area contributed by atoms with Crippen LogP contribution in [0, 0.1) is 6.92 Å². The van der Waals surface area contributed by atoms with Crippen molar-refractivity contribution in [2.24, 2.45) is 0 Å². The van der Waals surface area contributed by atoms with Crippen LogP contribution >= 0.6 is 0 Å². The average Bonchev–Trinajstić information content (AvgIpc) is 3.58. The Morgan fingerprint density at radius 3 is 2.44 bits per heavy atom. The van der Waals surface area contributed by atoms with Crippen molar-refractivity contribution in [2.45, 2.75) is 64.3 Å². The summed E-state index contributed by atoms with van der Waals surface area (Å²) in [6.45, 7) is 4.96. The van der Waals surface area contributed by atoms with Gasteiger partial charge in [-0.25, -0.2) is 0 Å². The number of Topliss-reactive ketones (excluding diaryl/α,β-unsaturated/α-hetero) is 1. The SMILES string of the molecule is CCCCC(=O)NCc1ccc(-c2cc(CC(=O)C3(c4ccc5c(c4)OCO5)CC3)ccc2C)cc1.[HH]. The van der Waals surface area contributed by atoms with E-state index in [1.54, 1.807) is 0 Å². The molecule has 36 heavy (non-hydrogen) atoms. The van der Waals surface area contributed by atoms with Gasteiger partial charge in [-0.2, -0.15) is 0 Å². The number of hydrogen-bond donors (Lipinski definition) is 1. The van der Waals surface area contributed by atoms with E-state index < -0.39 is 5.41 Å². The summed E-state index contributed by atoms with van der Waals surface area (Å²) < 4.78 is 11.0. The zero-order chi connectivity index (χ0) is 25.1. The number of aryl methyl sites for hydroxylation is 1. The first-order valence-corrected chi connectivity index (χ1v) is 12.9. The summed E-state index contributed by atoms with van der Waals surface area (Å²) >= 11 is 0. The monoisotopic (exact) mass is 485 g/mol. The Balaban J connectivity index is 0.00000320. The minimum Gasteiger partial charge on any atom is -0.454 e. The van der Waals surface area contributed by atoms with E-state index in [1.807, 2.05) is 18.2 Å². The lowest BCUT2D eigenvalue weighted by molar-refractivity contribution is -0.121. The van der Waals surface area contributed by atoms with Gasteiger partial charge in [0.25, 0.3) is 0 Å². The summed E-state index contributed by atoms with van der Waals surface area (Å²) in [7, 11) is 0. The highest BCUT2D eigenvalue weighted by atomic mass is 16.7. The summed E-state index contributed by atoms with van der Waals surface area (Å²) in [5, 5.41) is 2.99. The summed E-state index contributed by atoms with van der Waals surface area (Å²) in [5.74, 6) is 1.83. The maximum Gasteiger partial charge on any atom is 0.231 e. The molecule has 0 spiro atoms. The number of hydrogen-bond acceptors (Lipinski definition) is 4. The van der Waals surface area contributed by atoms with Gasteiger partial charge >= 0.3 is 0 Å². The number of amides is 1. The van der Waals surface area contributed by atoms with Crippen LogP contribution in [-0.2, 0) is 28.0 Å². The molecule has 1 N–H and O–H groups in total. The Morgan fingerprint density at radius 1 is 0.944 bits per heavy atom. The third-order valence-electron chi connectivity index (χ3n) is 7.39. The second kappa shape index (κ2) is 10.2. The number of carbonyl (C=O) groups is 2. The number of benzene rings is 3. The molecule has 3 aromatic rings. The van der Waals surface area contributed by atoms with Crippen LogP contribution in [0.15, 0.2) is 60.7 Å². The van der Waals surface area contributed by atoms with Gasteiger partial charge in [-0.1, -0.05) is 61.9 Å². The molecule has 0 radical (unpaired) electrons. The highest BCUT2D eigenvalue weighted by Gasteiger charge is 2.50. The van der Waals surface area contributed by atoms with Gasteiger partial charge in [0.05, 0.1) is 5.41 Å². The van der Waals surface area contributed by atoms with Gasteiger partial charge in [-0.15, -0.1) is 0 Å². The molecule has 1 fully saturated rings. The fourth-order valence-electron chi connectivity index (χ4n) is 4.92. The zero-order valence-electron chi connectivity index (χ0n) is 21.1. The van der Waals surface area contributed by atoms with Gasteiger partial charge in [0.2, 0.25) is 12.7 Å². The molecule has 0 aromatic heterocycles. The van der Waals surface area contributed by atoms with Gasteiger partial charge in [-0.3, -0.25) is 9.59 Å². The molecule has 5 rings (SSSR count). The topological polar surface area (TPSA) is 64.6 Å². The Morgan fingerprint density at radius 2 is 1.69 bits per heavy atom. The molecule has 5 nitrogen and oxygen atoms in total. The minimum atomic E-state index is -0.407. The molecule has 3 aromatic carbocycles. The van der Waals surface area contributed by atoms with Gasteiger partial charge in [0, 0.05) is 20.8 Å². The van der Waals surface area contributed by atoms with E-state index >= 15 is 0 Å². The van der Waals surface area contributed by atoms with E-state index in [0.717, 1.165) is 65.0 Å². The first kappa shape index (κ1) is 24.1. The molecule has 5 heteroatoms. The van der Waals surface area contributed by atoms with Crippen molar-refractivity contribution in [3.63, 3.8) is 0 Å². The van der Waals surface area contributed by atoms with E-state index in [4.69, 9.17) is 9.47 Å². The van der Waals surface area contributed by atoms with Crippen LogP contribution < -0.4 is 14.8 Å². The van der Waals surface area contributed by atoms with Gasteiger partial charge in [0.1, 0.15) is 5.78 Å². The normalized spacial score (nSPS) is 14.9. The molecular weight excluding hydrogens is 450 g/mol. The molecule has 0 unspecified atom stereocenters. The molecule has 1 aliphatic heterocycles. The van der Waals surface area contributed by atoms with E-state index in [2.05, 4.69) is 61.6 Å². The third-order valence-corrected chi connectivity index (χ3v) is 7.39. The van der Waals surface area contributed by atoms with Crippen molar-refractivity contribution in [3.05, 3.63) is 82.9 Å². The highest BCUT2D eigenvalue weighted by Crippen LogP contribution is 2.51. The molecular formula is C31H35NO4. The zero-order valence-corrected chi connectivity index (χ0v) is 21.1. The van der Waals surface area contributed by atoms with Crippen molar-refractivity contribution < 1.29 is 20.5 Å². The lowest BCUT2D eigenvalue weighted by Crippen LogP contribution is -2.22. The summed E-state index contributed by atoms with van der Waals surface area (Å²) in [4.78, 5) is 25.4. The van der Waals surface area contributed by atoms with E-state index in [1.165, 1.54) is 5.56 Å². The predicted octanol–water partition coefficient (Wildman–Crippen LogP) is 6.29. The quantitative estimate of drug-likeness (QED) is 0.367. The lowest BCUT2D eigenvalue weighted by Gasteiger charge is -2.16. The molecule has 0 atom stereocenters. The predicted molar refractivity (Wildman–Crippen MR) is 142 cm³/mol. The molecule has 0 saturated heterocycles. The molecule has 0 bridgehead atoms. The Hall–Kier alpha value is -3.60. The van der Waals surface area contributed by atoms with Crippen LogP contribution in [0.25, 0.3) is 11.1 Å². The fraction of sp³-hybridized carbons (Fsp3) is 0.355. The van der Waals surface area contributed by atoms with Crippen molar-refractivity contribution in [3.8, 4) is 22.6 Å². The van der Waals surface area contributed by atoms with E-state index in [-0.39, 0.29) is 19.9 Å². The summed E-state index contributed by atoms with van der Waals surface area (Å²) in [6.07, 6.45) is 4.67. The minimum absolute atomic E-state index is 0. The number of rotatable bonds is 10. The van der Waals surface area contributed by atoms with Crippen LogP contribution in [0.4, 0.5) is 0 Å². The standard InChI is InChI=1S/C31H33NO4.H2/c1-3-4-5-30(34)32-19-22-8-10-24(11-9-22)26-16-23(7-6-21(26)2)17-29(33)31(14-15-31)25-12-13-27-28(18-25)36-20-35-27;/h6-13,16,18H,3-5,14-15,17,19-20H2,1-2H3,(H,32,34);1H. The van der Waals surface area contributed by atoms with Crippen LogP contribution in [0.3, 0.4) is 0 Å².